The zero-order valence-corrected chi connectivity index (χ0v) is 13.9. The highest BCUT2D eigenvalue weighted by atomic mass is 16.3. The van der Waals surface area contributed by atoms with Crippen molar-refractivity contribution < 1.29 is 14.0 Å². The van der Waals surface area contributed by atoms with Crippen LogP contribution in [-0.2, 0) is 0 Å². The lowest BCUT2D eigenvalue weighted by atomic mass is 10.1. The van der Waals surface area contributed by atoms with Crippen molar-refractivity contribution in [3.8, 4) is 0 Å². The van der Waals surface area contributed by atoms with Crippen LogP contribution in [0.2, 0.25) is 0 Å². The van der Waals surface area contributed by atoms with E-state index < -0.39 is 11.9 Å². The molecule has 0 aliphatic rings. The summed E-state index contributed by atoms with van der Waals surface area (Å²) in [6.45, 7) is 3.81. The SMILES string of the molecule is Cc1c([C@@H](C)NC(=O)Nc2ccc(C(N)=O)nc2)oc2ccccc12. The Bertz CT molecular complexity index is 931. The van der Waals surface area contributed by atoms with Gasteiger partial charge in [-0.25, -0.2) is 9.78 Å². The molecule has 4 N–H and O–H groups in total. The number of pyridine rings is 1. The van der Waals surface area contributed by atoms with E-state index in [0.717, 1.165) is 16.5 Å². The van der Waals surface area contributed by atoms with Crippen LogP contribution >= 0.6 is 0 Å². The number of nitrogens with two attached hydrogens (primary N) is 1. The van der Waals surface area contributed by atoms with E-state index in [9.17, 15) is 9.59 Å². The van der Waals surface area contributed by atoms with Gasteiger partial charge in [-0.2, -0.15) is 0 Å². The topological polar surface area (TPSA) is 110 Å². The van der Waals surface area contributed by atoms with E-state index >= 15 is 0 Å². The third kappa shape index (κ3) is 3.45. The lowest BCUT2D eigenvalue weighted by Gasteiger charge is -2.13. The molecule has 128 valence electrons. The molecule has 3 amide bonds. The summed E-state index contributed by atoms with van der Waals surface area (Å²) in [7, 11) is 0. The van der Waals surface area contributed by atoms with Gasteiger partial charge in [0.05, 0.1) is 17.9 Å². The quantitative estimate of drug-likeness (QED) is 0.678. The summed E-state index contributed by atoms with van der Waals surface area (Å²) in [5, 5.41) is 6.50. The Balaban J connectivity index is 1.69. The average molecular weight is 338 g/mol. The maximum atomic E-state index is 12.2. The number of hydrogen-bond donors (Lipinski definition) is 3. The number of nitrogens with zero attached hydrogens (tertiary/aromatic N) is 1. The highest BCUT2D eigenvalue weighted by Gasteiger charge is 2.18. The van der Waals surface area contributed by atoms with Crippen LogP contribution in [0.25, 0.3) is 11.0 Å². The van der Waals surface area contributed by atoms with Crippen LogP contribution in [0.4, 0.5) is 10.5 Å². The second-order valence-corrected chi connectivity index (χ2v) is 5.70. The smallest absolute Gasteiger partial charge is 0.319 e. The molecule has 0 fully saturated rings. The normalized spacial score (nSPS) is 11.9. The van der Waals surface area contributed by atoms with Gasteiger partial charge in [0, 0.05) is 10.9 Å². The fraction of sp³-hybridized carbons (Fsp3) is 0.167. The van der Waals surface area contributed by atoms with Crippen LogP contribution < -0.4 is 16.4 Å². The number of aryl methyl sites for hydroxylation is 1. The molecule has 2 heterocycles. The van der Waals surface area contributed by atoms with Crippen LogP contribution in [0.15, 0.2) is 47.0 Å². The number of carbonyl (C=O) groups is 2. The predicted octanol–water partition coefficient (Wildman–Crippen LogP) is 3.12. The van der Waals surface area contributed by atoms with Gasteiger partial charge in [0.25, 0.3) is 5.91 Å². The lowest BCUT2D eigenvalue weighted by Crippen LogP contribution is -2.31. The second kappa shape index (κ2) is 6.64. The minimum atomic E-state index is -0.620. The number of hydrogen-bond acceptors (Lipinski definition) is 4. The number of furan rings is 1. The van der Waals surface area contributed by atoms with E-state index in [0.29, 0.717) is 11.4 Å². The summed E-state index contributed by atoms with van der Waals surface area (Å²) < 4.78 is 5.85. The van der Waals surface area contributed by atoms with Gasteiger partial charge in [0.15, 0.2) is 0 Å². The Morgan fingerprint density at radius 3 is 2.60 bits per heavy atom. The highest BCUT2D eigenvalue weighted by Crippen LogP contribution is 2.29. The van der Waals surface area contributed by atoms with Gasteiger partial charge in [0.1, 0.15) is 17.0 Å². The number of urea groups is 1. The van der Waals surface area contributed by atoms with Gasteiger partial charge in [-0.1, -0.05) is 18.2 Å². The fourth-order valence-electron chi connectivity index (χ4n) is 2.65. The van der Waals surface area contributed by atoms with E-state index in [1.165, 1.54) is 12.3 Å². The van der Waals surface area contributed by atoms with Gasteiger partial charge in [-0.3, -0.25) is 4.79 Å². The van der Waals surface area contributed by atoms with Crippen LogP contribution in [0.3, 0.4) is 0 Å². The number of fused-ring (bicyclic) bond motifs is 1. The van der Waals surface area contributed by atoms with Crippen molar-refractivity contribution in [1.29, 1.82) is 0 Å². The molecule has 0 unspecified atom stereocenters. The van der Waals surface area contributed by atoms with Crippen LogP contribution in [-0.4, -0.2) is 16.9 Å². The molecule has 3 aromatic rings. The number of amides is 3. The molecule has 0 saturated carbocycles. The van der Waals surface area contributed by atoms with Crippen molar-refractivity contribution >= 4 is 28.6 Å². The summed E-state index contributed by atoms with van der Waals surface area (Å²) in [5.74, 6) is 0.0866. The minimum absolute atomic E-state index is 0.136. The van der Waals surface area contributed by atoms with Crippen molar-refractivity contribution in [2.24, 2.45) is 5.73 Å². The zero-order chi connectivity index (χ0) is 18.0. The Hall–Kier alpha value is -3.35. The van der Waals surface area contributed by atoms with Gasteiger partial charge >= 0.3 is 6.03 Å². The second-order valence-electron chi connectivity index (χ2n) is 5.70. The summed E-state index contributed by atoms with van der Waals surface area (Å²) in [6, 6.07) is 10.0. The molecule has 1 atom stereocenters. The standard InChI is InChI=1S/C18H18N4O3/c1-10-13-5-3-4-6-15(13)25-16(10)11(2)21-18(24)22-12-7-8-14(17(19)23)20-9-12/h3-9,11H,1-2H3,(H2,19,23)(H2,21,22,24)/t11-/m1/s1. The van der Waals surface area contributed by atoms with Crippen molar-refractivity contribution in [1.82, 2.24) is 10.3 Å². The molecule has 7 heteroatoms. The Kier molecular flexibility index (Phi) is 4.38. The summed E-state index contributed by atoms with van der Waals surface area (Å²) in [5.41, 5.74) is 7.50. The molecule has 0 bridgehead atoms. The number of rotatable bonds is 4. The maximum Gasteiger partial charge on any atom is 0.319 e. The molecular weight excluding hydrogens is 320 g/mol. The van der Waals surface area contributed by atoms with E-state index in [-0.39, 0.29) is 11.7 Å². The first-order valence-electron chi connectivity index (χ1n) is 7.77. The van der Waals surface area contributed by atoms with Crippen LogP contribution in [0, 0.1) is 6.92 Å². The lowest BCUT2D eigenvalue weighted by molar-refractivity contribution is 0.0995. The van der Waals surface area contributed by atoms with Crippen molar-refractivity contribution in [2.75, 3.05) is 5.32 Å². The number of nitrogens with one attached hydrogen (secondary N) is 2. The first kappa shape index (κ1) is 16.5. The van der Waals surface area contributed by atoms with Crippen molar-refractivity contribution in [3.63, 3.8) is 0 Å². The molecule has 25 heavy (non-hydrogen) atoms. The minimum Gasteiger partial charge on any atom is -0.459 e. The Morgan fingerprint density at radius 1 is 1.20 bits per heavy atom. The van der Waals surface area contributed by atoms with Gasteiger partial charge in [0.2, 0.25) is 0 Å². The summed E-state index contributed by atoms with van der Waals surface area (Å²) in [4.78, 5) is 27.0. The van der Waals surface area contributed by atoms with Crippen molar-refractivity contribution in [2.45, 2.75) is 19.9 Å². The Labute approximate surface area is 144 Å². The number of aromatic nitrogens is 1. The largest absolute Gasteiger partial charge is 0.459 e. The van der Waals surface area contributed by atoms with E-state index in [1.54, 1.807) is 6.07 Å². The van der Waals surface area contributed by atoms with Gasteiger partial charge < -0.3 is 20.8 Å². The monoisotopic (exact) mass is 338 g/mol. The van der Waals surface area contributed by atoms with Gasteiger partial charge in [-0.15, -0.1) is 0 Å². The van der Waals surface area contributed by atoms with Crippen molar-refractivity contribution in [3.05, 3.63) is 59.6 Å². The zero-order valence-electron chi connectivity index (χ0n) is 13.9. The third-order valence-electron chi connectivity index (χ3n) is 3.90. The molecule has 2 aromatic heterocycles. The number of benzene rings is 1. The molecule has 0 aliphatic carbocycles. The number of carbonyl (C=O) groups excluding carboxylic acids is 2. The Morgan fingerprint density at radius 2 is 1.96 bits per heavy atom. The average Bonchev–Trinajstić information content (AvgIpc) is 2.92. The molecule has 0 spiro atoms. The highest BCUT2D eigenvalue weighted by molar-refractivity contribution is 5.92. The molecule has 0 saturated heterocycles. The van der Waals surface area contributed by atoms with E-state index in [1.807, 2.05) is 38.1 Å². The number of para-hydroxylation sites is 1. The fourth-order valence-corrected chi connectivity index (χ4v) is 2.65. The molecule has 7 nitrogen and oxygen atoms in total. The third-order valence-corrected chi connectivity index (χ3v) is 3.90. The summed E-state index contributed by atoms with van der Waals surface area (Å²) in [6.07, 6.45) is 1.37. The molecule has 1 aromatic carbocycles. The molecule has 3 rings (SSSR count). The molecule has 0 radical (unpaired) electrons. The predicted molar refractivity (Wildman–Crippen MR) is 94.3 cm³/mol. The van der Waals surface area contributed by atoms with Crippen LogP contribution in [0.5, 0.6) is 0 Å². The molecular formula is C18H18N4O3. The molecule has 0 aliphatic heterocycles. The van der Waals surface area contributed by atoms with E-state index in [4.69, 9.17) is 10.2 Å². The number of primary amides is 1. The van der Waals surface area contributed by atoms with Gasteiger partial charge in [-0.05, 0) is 32.0 Å². The first-order valence-corrected chi connectivity index (χ1v) is 7.77. The maximum absolute atomic E-state index is 12.2. The van der Waals surface area contributed by atoms with Crippen LogP contribution in [0.1, 0.15) is 34.8 Å². The summed E-state index contributed by atoms with van der Waals surface area (Å²) >= 11 is 0. The first-order chi connectivity index (χ1) is 12.0. The number of anilines is 1. The van der Waals surface area contributed by atoms with E-state index in [2.05, 4.69) is 15.6 Å².